The van der Waals surface area contributed by atoms with E-state index in [2.05, 4.69) is 21.7 Å². The van der Waals surface area contributed by atoms with Gasteiger partial charge < -0.3 is 10.6 Å². The van der Waals surface area contributed by atoms with Crippen LogP contribution in [0.3, 0.4) is 0 Å². The molecule has 0 saturated carbocycles. The van der Waals surface area contributed by atoms with Gasteiger partial charge in [-0.1, -0.05) is 30.7 Å². The molecule has 22 heavy (non-hydrogen) atoms. The summed E-state index contributed by atoms with van der Waals surface area (Å²) in [7, 11) is 1.83. The average Bonchev–Trinajstić information content (AvgIpc) is 2.90. The molecule has 0 spiro atoms. The summed E-state index contributed by atoms with van der Waals surface area (Å²) in [5.41, 5.74) is 2.21. The maximum Gasteiger partial charge on any atom is 0.230 e. The summed E-state index contributed by atoms with van der Waals surface area (Å²) < 4.78 is 0. The van der Waals surface area contributed by atoms with Crippen LogP contribution in [0, 0.1) is 12.8 Å². The van der Waals surface area contributed by atoms with Crippen molar-refractivity contribution in [2.45, 2.75) is 20.3 Å². The zero-order valence-corrected chi connectivity index (χ0v) is 14.5. The van der Waals surface area contributed by atoms with E-state index in [1.807, 2.05) is 33.0 Å². The van der Waals surface area contributed by atoms with Crippen LogP contribution in [0.1, 0.15) is 22.9 Å². The predicted molar refractivity (Wildman–Crippen MR) is 92.8 cm³/mol. The van der Waals surface area contributed by atoms with E-state index in [-0.39, 0.29) is 11.8 Å². The summed E-state index contributed by atoms with van der Waals surface area (Å²) >= 11 is 7.64. The topological polar surface area (TPSA) is 54.0 Å². The number of hydrogen-bond acceptors (Lipinski definition) is 4. The van der Waals surface area contributed by atoms with Crippen molar-refractivity contribution >= 4 is 34.0 Å². The van der Waals surface area contributed by atoms with Crippen LogP contribution in [0.25, 0.3) is 0 Å². The maximum absolute atomic E-state index is 12.0. The van der Waals surface area contributed by atoms with Gasteiger partial charge >= 0.3 is 0 Å². The number of benzene rings is 1. The Bertz CT molecular complexity index is 657. The third-order valence-electron chi connectivity index (χ3n) is 3.36. The van der Waals surface area contributed by atoms with Crippen molar-refractivity contribution in [2.24, 2.45) is 5.92 Å². The minimum atomic E-state index is -0.0896. The molecule has 1 amide bonds. The molecule has 1 unspecified atom stereocenters. The average molecular weight is 338 g/mol. The molecule has 0 bridgehead atoms. The number of anilines is 1. The van der Waals surface area contributed by atoms with Crippen LogP contribution in [0.2, 0.25) is 5.02 Å². The molecule has 2 N–H and O–H groups in total. The summed E-state index contributed by atoms with van der Waals surface area (Å²) in [4.78, 5) is 17.3. The van der Waals surface area contributed by atoms with E-state index in [9.17, 15) is 4.79 Å². The van der Waals surface area contributed by atoms with Gasteiger partial charge in [0.2, 0.25) is 5.91 Å². The largest absolute Gasteiger partial charge is 0.319 e. The van der Waals surface area contributed by atoms with Crippen molar-refractivity contribution in [2.75, 3.05) is 18.9 Å². The first-order chi connectivity index (χ1) is 10.5. The fraction of sp³-hybridized carbons (Fsp3) is 0.375. The summed E-state index contributed by atoms with van der Waals surface area (Å²) in [5.74, 6) is -0.109. The van der Waals surface area contributed by atoms with Crippen LogP contribution in [-0.4, -0.2) is 24.5 Å². The highest BCUT2D eigenvalue weighted by Gasteiger charge is 2.14. The lowest BCUT2D eigenvalue weighted by atomic mass is 10.1. The number of aryl methyl sites for hydroxylation is 1. The fourth-order valence-corrected chi connectivity index (χ4v) is 3.07. The Morgan fingerprint density at radius 1 is 1.45 bits per heavy atom. The van der Waals surface area contributed by atoms with Crippen LogP contribution in [0.5, 0.6) is 0 Å². The number of rotatable bonds is 6. The molecule has 0 aliphatic carbocycles. The lowest BCUT2D eigenvalue weighted by Gasteiger charge is -2.09. The number of hydrogen-bond donors (Lipinski definition) is 2. The standard InChI is InChI=1S/C16H20ClN3OS/c1-10-4-5-12(7-14(10)17)6-13-9-19-16(22-13)20-15(21)11(2)8-18-3/h4-5,7,9,11,18H,6,8H2,1-3H3,(H,19,20,21). The number of carbonyl (C=O) groups is 1. The molecule has 1 aromatic heterocycles. The van der Waals surface area contributed by atoms with E-state index in [1.54, 1.807) is 6.20 Å². The number of nitrogens with zero attached hydrogens (tertiary/aromatic N) is 1. The highest BCUT2D eigenvalue weighted by Crippen LogP contribution is 2.24. The third-order valence-corrected chi connectivity index (χ3v) is 4.68. The minimum absolute atomic E-state index is 0.0198. The van der Waals surface area contributed by atoms with E-state index in [0.717, 1.165) is 27.4 Å². The minimum Gasteiger partial charge on any atom is -0.319 e. The smallest absolute Gasteiger partial charge is 0.230 e. The SMILES string of the molecule is CNCC(C)C(=O)Nc1ncc(Cc2ccc(C)c(Cl)c2)s1. The van der Waals surface area contributed by atoms with E-state index in [0.29, 0.717) is 11.7 Å². The van der Waals surface area contributed by atoms with Gasteiger partial charge in [0.05, 0.1) is 0 Å². The Morgan fingerprint density at radius 2 is 2.23 bits per heavy atom. The first-order valence-corrected chi connectivity index (χ1v) is 8.34. The monoisotopic (exact) mass is 337 g/mol. The van der Waals surface area contributed by atoms with Gasteiger partial charge in [-0.05, 0) is 31.2 Å². The van der Waals surface area contributed by atoms with Crippen molar-refractivity contribution in [3.05, 3.63) is 45.4 Å². The molecule has 0 aliphatic rings. The lowest BCUT2D eigenvalue weighted by molar-refractivity contribution is -0.119. The Hall–Kier alpha value is -1.43. The molecule has 0 aliphatic heterocycles. The van der Waals surface area contributed by atoms with E-state index in [1.165, 1.54) is 11.3 Å². The molecule has 6 heteroatoms. The number of thiazole rings is 1. The highest BCUT2D eigenvalue weighted by molar-refractivity contribution is 7.15. The lowest BCUT2D eigenvalue weighted by Crippen LogP contribution is -2.28. The second-order valence-corrected chi connectivity index (χ2v) is 6.86. The van der Waals surface area contributed by atoms with E-state index >= 15 is 0 Å². The molecular weight excluding hydrogens is 318 g/mol. The Morgan fingerprint density at radius 3 is 2.91 bits per heavy atom. The van der Waals surface area contributed by atoms with Crippen LogP contribution in [-0.2, 0) is 11.2 Å². The number of amides is 1. The Balaban J connectivity index is 1.99. The Kier molecular flexibility index (Phi) is 5.94. The predicted octanol–water partition coefficient (Wildman–Crippen LogP) is 3.49. The third kappa shape index (κ3) is 4.53. The van der Waals surface area contributed by atoms with Crippen molar-refractivity contribution in [3.8, 4) is 0 Å². The molecule has 1 aromatic carbocycles. The van der Waals surface area contributed by atoms with Gasteiger partial charge in [0.25, 0.3) is 0 Å². The van der Waals surface area contributed by atoms with Gasteiger partial charge in [-0.25, -0.2) is 4.98 Å². The Labute approximate surface area is 139 Å². The quantitative estimate of drug-likeness (QED) is 0.848. The summed E-state index contributed by atoms with van der Waals surface area (Å²) in [5, 5.41) is 7.26. The molecule has 0 radical (unpaired) electrons. The zero-order valence-electron chi connectivity index (χ0n) is 12.9. The van der Waals surface area contributed by atoms with Gasteiger partial charge in [0, 0.05) is 35.0 Å². The van der Waals surface area contributed by atoms with Crippen LogP contribution in [0.4, 0.5) is 5.13 Å². The van der Waals surface area contributed by atoms with Crippen LogP contribution in [0.15, 0.2) is 24.4 Å². The number of aromatic nitrogens is 1. The van der Waals surface area contributed by atoms with Crippen molar-refractivity contribution < 1.29 is 4.79 Å². The fourth-order valence-electron chi connectivity index (χ4n) is 2.02. The van der Waals surface area contributed by atoms with Gasteiger partial charge in [-0.2, -0.15) is 0 Å². The van der Waals surface area contributed by atoms with Gasteiger partial charge in [0.15, 0.2) is 5.13 Å². The van der Waals surface area contributed by atoms with Crippen molar-refractivity contribution in [3.63, 3.8) is 0 Å². The zero-order chi connectivity index (χ0) is 16.1. The normalized spacial score (nSPS) is 12.2. The summed E-state index contributed by atoms with van der Waals surface area (Å²) in [6.45, 7) is 4.51. The molecule has 4 nitrogen and oxygen atoms in total. The maximum atomic E-state index is 12.0. The molecule has 0 saturated heterocycles. The summed E-state index contributed by atoms with van der Waals surface area (Å²) in [6, 6.07) is 6.05. The van der Waals surface area contributed by atoms with Gasteiger partial charge in [0.1, 0.15) is 0 Å². The van der Waals surface area contributed by atoms with E-state index < -0.39 is 0 Å². The second kappa shape index (κ2) is 7.72. The van der Waals surface area contributed by atoms with Crippen molar-refractivity contribution in [1.82, 2.24) is 10.3 Å². The van der Waals surface area contributed by atoms with Crippen LogP contribution >= 0.6 is 22.9 Å². The summed E-state index contributed by atoms with van der Waals surface area (Å²) in [6.07, 6.45) is 2.57. The molecular formula is C16H20ClN3OS. The second-order valence-electron chi connectivity index (χ2n) is 5.34. The first-order valence-electron chi connectivity index (χ1n) is 7.14. The molecule has 2 rings (SSSR count). The number of carbonyl (C=O) groups excluding carboxylic acids is 1. The van der Waals surface area contributed by atoms with Gasteiger partial charge in [-0.15, -0.1) is 11.3 Å². The molecule has 1 heterocycles. The number of nitrogens with one attached hydrogen (secondary N) is 2. The molecule has 2 aromatic rings. The van der Waals surface area contributed by atoms with E-state index in [4.69, 9.17) is 11.6 Å². The first kappa shape index (κ1) is 16.9. The molecule has 0 fully saturated rings. The molecule has 1 atom stereocenters. The van der Waals surface area contributed by atoms with Crippen molar-refractivity contribution in [1.29, 1.82) is 0 Å². The highest BCUT2D eigenvalue weighted by atomic mass is 35.5. The van der Waals surface area contributed by atoms with Gasteiger partial charge in [-0.3, -0.25) is 4.79 Å². The number of halogens is 1. The molecule has 118 valence electrons. The van der Waals surface area contributed by atoms with Crippen LogP contribution < -0.4 is 10.6 Å².